The fraction of sp³-hybridized carbons (Fsp3) is 0.308. The Morgan fingerprint density at radius 2 is 2.12 bits per heavy atom. The first-order valence-electron chi connectivity index (χ1n) is 5.54. The van der Waals surface area contributed by atoms with Crippen molar-refractivity contribution in [1.29, 1.82) is 0 Å². The average molecular weight is 295 g/mol. The smallest absolute Gasteiger partial charge is 0.0793 e. The molecule has 4 heteroatoms. The molecular weight excluding hydrogens is 280 g/mol. The van der Waals surface area contributed by atoms with Gasteiger partial charge in [0.2, 0.25) is 0 Å². The molecule has 0 aliphatic rings. The molecule has 0 saturated heterocycles. The van der Waals surface area contributed by atoms with E-state index in [9.17, 15) is 0 Å². The number of hydrogen-bond donors (Lipinski definition) is 1. The van der Waals surface area contributed by atoms with Gasteiger partial charge in [-0.3, -0.25) is 0 Å². The van der Waals surface area contributed by atoms with E-state index in [1.807, 2.05) is 10.9 Å². The highest BCUT2D eigenvalue weighted by Crippen LogP contribution is 2.21. The highest BCUT2D eigenvalue weighted by molar-refractivity contribution is 9.10. The van der Waals surface area contributed by atoms with Crippen LogP contribution in [0, 0.1) is 13.8 Å². The summed E-state index contributed by atoms with van der Waals surface area (Å²) >= 11 is 3.46. The number of aliphatic hydroxyl groups is 1. The lowest BCUT2D eigenvalue weighted by atomic mass is 10.1. The van der Waals surface area contributed by atoms with Crippen LogP contribution in [0.25, 0.3) is 5.69 Å². The van der Waals surface area contributed by atoms with E-state index in [0.717, 1.165) is 15.9 Å². The van der Waals surface area contributed by atoms with Crippen molar-refractivity contribution in [2.75, 3.05) is 6.61 Å². The predicted octanol–water partition coefficient (Wildman–Crippen LogP) is 2.79. The summed E-state index contributed by atoms with van der Waals surface area (Å²) < 4.78 is 2.80. The van der Waals surface area contributed by atoms with Crippen molar-refractivity contribution in [3.63, 3.8) is 0 Å². The van der Waals surface area contributed by atoms with Gasteiger partial charge in [0, 0.05) is 19.2 Å². The Morgan fingerprint density at radius 3 is 2.82 bits per heavy atom. The van der Waals surface area contributed by atoms with Gasteiger partial charge in [-0.15, -0.1) is 0 Å². The highest BCUT2D eigenvalue weighted by atomic mass is 79.9. The second-order valence-corrected chi connectivity index (χ2v) is 4.99. The van der Waals surface area contributed by atoms with Gasteiger partial charge in [0.25, 0.3) is 0 Å². The summed E-state index contributed by atoms with van der Waals surface area (Å²) in [6.45, 7) is 4.24. The van der Waals surface area contributed by atoms with E-state index in [0.29, 0.717) is 6.42 Å². The summed E-state index contributed by atoms with van der Waals surface area (Å²) in [6, 6.07) is 6.29. The lowest BCUT2D eigenvalue weighted by molar-refractivity contribution is 0.298. The molecule has 0 aliphatic carbocycles. The Labute approximate surface area is 109 Å². The lowest BCUT2D eigenvalue weighted by Gasteiger charge is -2.06. The van der Waals surface area contributed by atoms with E-state index in [4.69, 9.17) is 5.11 Å². The summed E-state index contributed by atoms with van der Waals surface area (Å²) in [5, 5.41) is 13.4. The van der Waals surface area contributed by atoms with Gasteiger partial charge in [-0.2, -0.15) is 5.10 Å². The van der Waals surface area contributed by atoms with Gasteiger partial charge in [0.1, 0.15) is 0 Å². The van der Waals surface area contributed by atoms with E-state index in [2.05, 4.69) is 53.1 Å². The van der Waals surface area contributed by atoms with Gasteiger partial charge in [-0.25, -0.2) is 4.68 Å². The Kier molecular flexibility index (Phi) is 3.64. The molecule has 2 rings (SSSR count). The maximum atomic E-state index is 8.95. The van der Waals surface area contributed by atoms with Gasteiger partial charge in [-0.05, 0) is 47.0 Å². The first-order chi connectivity index (χ1) is 8.11. The first-order valence-corrected chi connectivity index (χ1v) is 6.33. The van der Waals surface area contributed by atoms with E-state index >= 15 is 0 Å². The molecule has 17 heavy (non-hydrogen) atoms. The molecule has 0 aliphatic heterocycles. The Balaban J connectivity index is 2.45. The minimum atomic E-state index is 0.114. The SMILES string of the molecule is Cc1ccc(C)c(-n2cc(Br)c(CCO)n2)c1. The maximum Gasteiger partial charge on any atom is 0.0793 e. The van der Waals surface area contributed by atoms with E-state index < -0.39 is 0 Å². The fourth-order valence-electron chi connectivity index (χ4n) is 1.75. The molecule has 1 aromatic carbocycles. The predicted molar refractivity (Wildman–Crippen MR) is 71.5 cm³/mol. The van der Waals surface area contributed by atoms with Crippen LogP contribution in [0.1, 0.15) is 16.8 Å². The lowest BCUT2D eigenvalue weighted by Crippen LogP contribution is -2.00. The third-order valence-electron chi connectivity index (χ3n) is 2.70. The number of hydrogen-bond acceptors (Lipinski definition) is 2. The highest BCUT2D eigenvalue weighted by Gasteiger charge is 2.09. The third-order valence-corrected chi connectivity index (χ3v) is 3.36. The first kappa shape index (κ1) is 12.3. The van der Waals surface area contributed by atoms with Gasteiger partial charge in [-0.1, -0.05) is 12.1 Å². The third kappa shape index (κ3) is 2.58. The Morgan fingerprint density at radius 1 is 1.35 bits per heavy atom. The van der Waals surface area contributed by atoms with Crippen LogP contribution < -0.4 is 0 Å². The second-order valence-electron chi connectivity index (χ2n) is 4.13. The second kappa shape index (κ2) is 5.02. The van der Waals surface area contributed by atoms with Crippen molar-refractivity contribution >= 4 is 15.9 Å². The molecule has 0 spiro atoms. The molecular formula is C13H15BrN2O. The van der Waals surface area contributed by atoms with Crippen LogP contribution in [-0.2, 0) is 6.42 Å². The van der Waals surface area contributed by atoms with E-state index in [1.165, 1.54) is 11.1 Å². The molecule has 0 saturated carbocycles. The van der Waals surface area contributed by atoms with Gasteiger partial charge >= 0.3 is 0 Å². The number of nitrogens with zero attached hydrogens (tertiary/aromatic N) is 2. The van der Waals surface area contributed by atoms with Gasteiger partial charge in [0.15, 0.2) is 0 Å². The summed E-state index contributed by atoms with van der Waals surface area (Å²) in [7, 11) is 0. The molecule has 3 nitrogen and oxygen atoms in total. The van der Waals surface area contributed by atoms with Crippen molar-refractivity contribution in [2.24, 2.45) is 0 Å². The fourth-order valence-corrected chi connectivity index (χ4v) is 2.23. The number of rotatable bonds is 3. The van der Waals surface area contributed by atoms with E-state index in [1.54, 1.807) is 0 Å². The normalized spacial score (nSPS) is 10.8. The van der Waals surface area contributed by atoms with Crippen LogP contribution in [0.3, 0.4) is 0 Å². The van der Waals surface area contributed by atoms with Crippen molar-refractivity contribution in [3.8, 4) is 5.69 Å². The zero-order valence-electron chi connectivity index (χ0n) is 9.94. The van der Waals surface area contributed by atoms with Crippen molar-refractivity contribution in [2.45, 2.75) is 20.3 Å². The quantitative estimate of drug-likeness (QED) is 0.945. The molecule has 1 aromatic heterocycles. The molecule has 1 N–H and O–H groups in total. The number of halogens is 1. The van der Waals surface area contributed by atoms with Crippen molar-refractivity contribution in [1.82, 2.24) is 9.78 Å². The molecule has 1 heterocycles. The summed E-state index contributed by atoms with van der Waals surface area (Å²) in [4.78, 5) is 0. The van der Waals surface area contributed by atoms with Crippen molar-refractivity contribution in [3.05, 3.63) is 45.7 Å². The van der Waals surface area contributed by atoms with Gasteiger partial charge in [0.05, 0.1) is 15.9 Å². The average Bonchev–Trinajstić information content (AvgIpc) is 2.64. The Hall–Kier alpha value is -1.13. The minimum Gasteiger partial charge on any atom is -0.396 e. The van der Waals surface area contributed by atoms with Gasteiger partial charge < -0.3 is 5.11 Å². The topological polar surface area (TPSA) is 38.0 Å². The number of aryl methyl sites for hydroxylation is 2. The number of aliphatic hydroxyl groups excluding tert-OH is 1. The van der Waals surface area contributed by atoms with Crippen molar-refractivity contribution < 1.29 is 5.11 Å². The van der Waals surface area contributed by atoms with Crippen LogP contribution in [0.2, 0.25) is 0 Å². The zero-order chi connectivity index (χ0) is 12.4. The summed E-state index contributed by atoms with van der Waals surface area (Å²) in [5.41, 5.74) is 4.35. The van der Waals surface area contributed by atoms with Crippen LogP contribution in [0.5, 0.6) is 0 Å². The van der Waals surface area contributed by atoms with Crippen LogP contribution in [-0.4, -0.2) is 21.5 Å². The maximum absolute atomic E-state index is 8.95. The molecule has 0 radical (unpaired) electrons. The summed E-state index contributed by atoms with van der Waals surface area (Å²) in [6.07, 6.45) is 2.51. The van der Waals surface area contributed by atoms with E-state index in [-0.39, 0.29) is 6.61 Å². The van der Waals surface area contributed by atoms with Crippen LogP contribution >= 0.6 is 15.9 Å². The minimum absolute atomic E-state index is 0.114. The molecule has 2 aromatic rings. The standard InChI is InChI=1S/C13H15BrN2O/c1-9-3-4-10(2)13(7-9)16-8-11(14)12(15-16)5-6-17/h3-4,7-8,17H,5-6H2,1-2H3. The Bertz CT molecular complexity index is 534. The molecule has 0 amide bonds. The van der Waals surface area contributed by atoms with Crippen LogP contribution in [0.15, 0.2) is 28.9 Å². The number of aromatic nitrogens is 2. The monoisotopic (exact) mass is 294 g/mol. The number of benzene rings is 1. The molecule has 0 bridgehead atoms. The molecule has 90 valence electrons. The zero-order valence-corrected chi connectivity index (χ0v) is 11.5. The van der Waals surface area contributed by atoms with Crippen LogP contribution in [0.4, 0.5) is 0 Å². The molecule has 0 unspecified atom stereocenters. The molecule has 0 atom stereocenters. The largest absolute Gasteiger partial charge is 0.396 e. The summed E-state index contributed by atoms with van der Waals surface area (Å²) in [5.74, 6) is 0. The molecule has 0 fully saturated rings.